The number of rotatable bonds is 10. The maximum atomic E-state index is 11.4. The highest BCUT2D eigenvalue weighted by Gasteiger charge is 2.24. The topological polar surface area (TPSA) is 108 Å². The second-order valence-electron chi connectivity index (χ2n) is 9.93. The number of nitrogens with one attached hydrogen (secondary N) is 2. The highest BCUT2D eigenvalue weighted by Crippen LogP contribution is 2.38. The van der Waals surface area contributed by atoms with Crippen LogP contribution in [0.25, 0.3) is 11.1 Å². The summed E-state index contributed by atoms with van der Waals surface area (Å²) in [5.74, 6) is 0.681. The molecule has 37 heavy (non-hydrogen) atoms. The predicted octanol–water partition coefficient (Wildman–Crippen LogP) is 4.79. The van der Waals surface area contributed by atoms with Gasteiger partial charge in [0.2, 0.25) is 10.0 Å². The van der Waals surface area contributed by atoms with Crippen molar-refractivity contribution < 1.29 is 23.4 Å². The van der Waals surface area contributed by atoms with E-state index >= 15 is 0 Å². The van der Waals surface area contributed by atoms with E-state index in [4.69, 9.17) is 4.74 Å². The van der Waals surface area contributed by atoms with Crippen LogP contribution in [0.15, 0.2) is 66.7 Å². The summed E-state index contributed by atoms with van der Waals surface area (Å²) >= 11 is 0. The van der Waals surface area contributed by atoms with Gasteiger partial charge in [-0.2, -0.15) is 0 Å². The molecular weight excluding hydrogens is 488 g/mol. The molecule has 1 aliphatic rings. The van der Waals surface area contributed by atoms with Crippen LogP contribution in [0, 0.1) is 6.92 Å². The minimum Gasteiger partial charge on any atom is -0.506 e. The Balaban J connectivity index is 1.25. The van der Waals surface area contributed by atoms with Crippen LogP contribution >= 0.6 is 0 Å². The molecule has 3 aromatic carbocycles. The van der Waals surface area contributed by atoms with Gasteiger partial charge in [0.25, 0.3) is 0 Å². The number of aryl methyl sites for hydroxylation is 1. The quantitative estimate of drug-likeness (QED) is 0.284. The maximum Gasteiger partial charge on any atom is 0.229 e. The Morgan fingerprint density at radius 1 is 1.00 bits per heavy atom. The Morgan fingerprint density at radius 2 is 1.70 bits per heavy atom. The molecule has 1 fully saturated rings. The molecule has 3 aromatic rings. The minimum atomic E-state index is -3.53. The monoisotopic (exact) mass is 524 g/mol. The Kier molecular flexibility index (Phi) is 8.74. The molecule has 0 unspecified atom stereocenters. The van der Waals surface area contributed by atoms with Gasteiger partial charge in [0.1, 0.15) is 24.2 Å². The Bertz CT molecular complexity index is 1290. The fourth-order valence-corrected chi connectivity index (χ4v) is 5.46. The number of ether oxygens (including phenoxy) is 1. The smallest absolute Gasteiger partial charge is 0.229 e. The summed E-state index contributed by atoms with van der Waals surface area (Å²) in [4.78, 5) is 0. The SMILES string of the molecule is Cc1ccc(-c2ccccc2C2CCC(NC[C@H](O)COc3ccc(O)c(NS(C)(=O)=O)c3)CC2)cc1. The third kappa shape index (κ3) is 7.71. The van der Waals surface area contributed by atoms with Crippen molar-refractivity contribution >= 4 is 15.7 Å². The van der Waals surface area contributed by atoms with Crippen molar-refractivity contribution in [2.75, 3.05) is 24.1 Å². The van der Waals surface area contributed by atoms with Gasteiger partial charge < -0.3 is 20.3 Å². The zero-order chi connectivity index (χ0) is 26.4. The molecule has 0 aromatic heterocycles. The van der Waals surface area contributed by atoms with E-state index in [1.54, 1.807) is 0 Å². The number of phenols is 1. The predicted molar refractivity (Wildman–Crippen MR) is 148 cm³/mol. The summed E-state index contributed by atoms with van der Waals surface area (Å²) in [6, 6.07) is 22.1. The van der Waals surface area contributed by atoms with Crippen LogP contribution < -0.4 is 14.8 Å². The highest BCUT2D eigenvalue weighted by atomic mass is 32.2. The summed E-state index contributed by atoms with van der Waals surface area (Å²) in [7, 11) is -3.53. The van der Waals surface area contributed by atoms with Gasteiger partial charge in [-0.15, -0.1) is 0 Å². The average molecular weight is 525 g/mol. The number of phenolic OH excluding ortho intramolecular Hbond substituents is 1. The molecule has 1 atom stereocenters. The second-order valence-corrected chi connectivity index (χ2v) is 11.7. The summed E-state index contributed by atoms with van der Waals surface area (Å²) < 4.78 is 30.8. The number of aromatic hydroxyl groups is 1. The number of aliphatic hydroxyl groups excluding tert-OH is 1. The lowest BCUT2D eigenvalue weighted by atomic mass is 9.79. The van der Waals surface area contributed by atoms with Crippen molar-refractivity contribution in [2.45, 2.75) is 50.7 Å². The second kappa shape index (κ2) is 12.0. The fraction of sp³-hybridized carbons (Fsp3) is 0.379. The van der Waals surface area contributed by atoms with Gasteiger partial charge in [0.15, 0.2) is 0 Å². The molecule has 8 heteroatoms. The number of anilines is 1. The Labute approximate surface area is 219 Å². The van der Waals surface area contributed by atoms with E-state index in [0.29, 0.717) is 24.3 Å². The zero-order valence-corrected chi connectivity index (χ0v) is 22.2. The van der Waals surface area contributed by atoms with Crippen LogP contribution in [0.1, 0.15) is 42.7 Å². The maximum absolute atomic E-state index is 11.4. The van der Waals surface area contributed by atoms with E-state index in [9.17, 15) is 18.6 Å². The number of hydrogen-bond acceptors (Lipinski definition) is 6. The van der Waals surface area contributed by atoms with Crippen molar-refractivity contribution in [3.8, 4) is 22.6 Å². The van der Waals surface area contributed by atoms with E-state index in [-0.39, 0.29) is 18.0 Å². The van der Waals surface area contributed by atoms with Crippen LogP contribution in [-0.2, 0) is 10.0 Å². The van der Waals surface area contributed by atoms with Gasteiger partial charge in [0, 0.05) is 18.7 Å². The Hall–Kier alpha value is -3.07. The van der Waals surface area contributed by atoms with Crippen LogP contribution in [0.4, 0.5) is 5.69 Å². The molecule has 4 rings (SSSR count). The van der Waals surface area contributed by atoms with Crippen molar-refractivity contribution in [2.24, 2.45) is 0 Å². The zero-order valence-electron chi connectivity index (χ0n) is 21.4. The fourth-order valence-electron chi connectivity index (χ4n) is 4.90. The van der Waals surface area contributed by atoms with Gasteiger partial charge in [-0.05, 0) is 67.3 Å². The molecule has 0 heterocycles. The molecule has 0 saturated heterocycles. The minimum absolute atomic E-state index is 0.0355. The number of hydrogen-bond donors (Lipinski definition) is 4. The lowest BCUT2D eigenvalue weighted by molar-refractivity contribution is 0.101. The first-order valence-corrected chi connectivity index (χ1v) is 14.6. The third-order valence-electron chi connectivity index (χ3n) is 6.84. The van der Waals surface area contributed by atoms with E-state index < -0.39 is 16.1 Å². The van der Waals surface area contributed by atoms with E-state index in [2.05, 4.69) is 65.5 Å². The van der Waals surface area contributed by atoms with Gasteiger partial charge in [-0.1, -0.05) is 54.1 Å². The van der Waals surface area contributed by atoms with Gasteiger partial charge in [-0.3, -0.25) is 4.72 Å². The molecule has 198 valence electrons. The summed E-state index contributed by atoms with van der Waals surface area (Å²) in [6.07, 6.45) is 4.55. The summed E-state index contributed by atoms with van der Waals surface area (Å²) in [5.41, 5.74) is 5.29. The van der Waals surface area contributed by atoms with Crippen molar-refractivity contribution in [3.63, 3.8) is 0 Å². The van der Waals surface area contributed by atoms with Crippen molar-refractivity contribution in [1.29, 1.82) is 0 Å². The van der Waals surface area contributed by atoms with E-state index in [1.807, 2.05) is 0 Å². The van der Waals surface area contributed by atoms with E-state index in [0.717, 1.165) is 31.9 Å². The van der Waals surface area contributed by atoms with Crippen LogP contribution in [-0.4, -0.2) is 50.2 Å². The molecule has 4 N–H and O–H groups in total. The van der Waals surface area contributed by atoms with Crippen LogP contribution in [0.5, 0.6) is 11.5 Å². The molecule has 0 bridgehead atoms. The lowest BCUT2D eigenvalue weighted by Crippen LogP contribution is -2.39. The standard InChI is InChI=1S/C29H36N2O5S/c1-20-7-9-21(10-8-20)26-5-3-4-6-27(26)22-11-13-23(14-12-22)30-18-24(32)19-36-25-15-16-29(33)28(17-25)31-37(2,34)35/h3-10,15-17,22-24,30-33H,11-14,18-19H2,1-2H3/t22?,23?,24-/m0/s1. The molecule has 0 amide bonds. The van der Waals surface area contributed by atoms with Crippen molar-refractivity contribution in [1.82, 2.24) is 5.32 Å². The molecule has 0 radical (unpaired) electrons. The number of benzene rings is 3. The summed E-state index contributed by atoms with van der Waals surface area (Å²) in [6.45, 7) is 2.56. The molecular formula is C29H36N2O5S. The first kappa shape index (κ1) is 27.0. The molecule has 7 nitrogen and oxygen atoms in total. The van der Waals surface area contributed by atoms with Crippen molar-refractivity contribution in [3.05, 3.63) is 77.9 Å². The third-order valence-corrected chi connectivity index (χ3v) is 7.43. The highest BCUT2D eigenvalue weighted by molar-refractivity contribution is 7.92. The molecule has 1 saturated carbocycles. The van der Waals surface area contributed by atoms with Gasteiger partial charge in [0.05, 0.1) is 11.9 Å². The average Bonchev–Trinajstić information content (AvgIpc) is 2.88. The normalized spacial score (nSPS) is 18.8. The first-order valence-electron chi connectivity index (χ1n) is 12.7. The number of aliphatic hydroxyl groups is 1. The number of sulfonamides is 1. The van der Waals surface area contributed by atoms with Crippen LogP contribution in [0.2, 0.25) is 0 Å². The first-order chi connectivity index (χ1) is 17.7. The lowest BCUT2D eigenvalue weighted by Gasteiger charge is -2.31. The largest absolute Gasteiger partial charge is 0.506 e. The van der Waals surface area contributed by atoms with Crippen LogP contribution in [0.3, 0.4) is 0 Å². The summed E-state index contributed by atoms with van der Waals surface area (Å²) in [5, 5.41) is 23.7. The Morgan fingerprint density at radius 3 is 2.41 bits per heavy atom. The molecule has 0 aliphatic heterocycles. The molecule has 0 spiro atoms. The van der Waals surface area contributed by atoms with Gasteiger partial charge >= 0.3 is 0 Å². The molecule has 1 aliphatic carbocycles. The van der Waals surface area contributed by atoms with E-state index in [1.165, 1.54) is 40.5 Å². The van der Waals surface area contributed by atoms with Gasteiger partial charge in [-0.25, -0.2) is 8.42 Å².